The number of carbonyl (C=O) groups is 2. The minimum atomic E-state index is -0.231. The number of halogens is 2. The van der Waals surface area contributed by atoms with Crippen LogP contribution in [0.15, 0.2) is 12.1 Å². The number of nitrogens with zero attached hydrogens (tertiary/aromatic N) is 2. The highest BCUT2D eigenvalue weighted by atomic mass is 35.5. The lowest BCUT2D eigenvalue weighted by atomic mass is 9.94. The number of hydrogen-bond donors (Lipinski definition) is 0. The van der Waals surface area contributed by atoms with Crippen LogP contribution in [0.1, 0.15) is 69.8 Å². The van der Waals surface area contributed by atoms with Crippen molar-refractivity contribution in [3.05, 3.63) is 55.7 Å². The van der Waals surface area contributed by atoms with E-state index in [0.717, 1.165) is 29.7 Å². The summed E-state index contributed by atoms with van der Waals surface area (Å²) in [5.74, 6) is 0.117. The van der Waals surface area contributed by atoms with Crippen molar-refractivity contribution >= 4 is 34.9 Å². The Balaban J connectivity index is 1.96. The van der Waals surface area contributed by atoms with Gasteiger partial charge in [-0.2, -0.15) is 0 Å². The van der Waals surface area contributed by atoms with Crippen molar-refractivity contribution in [1.29, 1.82) is 0 Å². The maximum absolute atomic E-state index is 13.3. The molecule has 0 saturated carbocycles. The molecule has 1 aromatic heterocycles. The second-order valence-corrected chi connectivity index (χ2v) is 8.46. The number of carbonyl (C=O) groups excluding carboxylic acids is 2. The van der Waals surface area contributed by atoms with E-state index in [9.17, 15) is 9.59 Å². The lowest BCUT2D eigenvalue weighted by Gasteiger charge is -2.31. The predicted octanol–water partition coefficient (Wildman–Crippen LogP) is 5.59. The van der Waals surface area contributed by atoms with E-state index >= 15 is 0 Å². The Morgan fingerprint density at radius 1 is 1.27 bits per heavy atom. The second-order valence-electron chi connectivity index (χ2n) is 7.67. The molecule has 2 heterocycles. The normalized spacial score (nSPS) is 13.4. The molecule has 0 unspecified atom stereocenters. The van der Waals surface area contributed by atoms with Gasteiger partial charge < -0.3 is 9.64 Å². The van der Waals surface area contributed by atoms with Crippen molar-refractivity contribution in [2.45, 2.75) is 53.5 Å². The molecule has 1 aromatic carbocycles. The van der Waals surface area contributed by atoms with Gasteiger partial charge >= 0.3 is 0 Å². The molecular formula is C23H26Cl2N2O3. The third-order valence-corrected chi connectivity index (χ3v) is 6.08. The lowest BCUT2D eigenvalue weighted by molar-refractivity contribution is 0.0725. The summed E-state index contributed by atoms with van der Waals surface area (Å²) < 4.78 is 5.94. The maximum atomic E-state index is 13.3. The predicted molar refractivity (Wildman–Crippen MR) is 119 cm³/mol. The Labute approximate surface area is 187 Å². The van der Waals surface area contributed by atoms with Crippen LogP contribution in [0.25, 0.3) is 0 Å². The summed E-state index contributed by atoms with van der Waals surface area (Å²) in [5.41, 5.74) is 4.08. The molecule has 0 radical (unpaired) electrons. The van der Waals surface area contributed by atoms with Gasteiger partial charge in [0.1, 0.15) is 0 Å². The van der Waals surface area contributed by atoms with E-state index in [2.05, 4.69) is 11.9 Å². The molecule has 1 aliphatic heterocycles. The number of Topliss-reactive ketones (excluding diaryl/α,β-unsaturated/α-hetero) is 1. The topological polar surface area (TPSA) is 59.5 Å². The Morgan fingerprint density at radius 3 is 2.67 bits per heavy atom. The molecule has 7 heteroatoms. The fourth-order valence-corrected chi connectivity index (χ4v) is 4.37. The highest BCUT2D eigenvalue weighted by Gasteiger charge is 2.31. The van der Waals surface area contributed by atoms with E-state index in [1.807, 2.05) is 19.9 Å². The molecule has 0 fully saturated rings. The van der Waals surface area contributed by atoms with Crippen LogP contribution >= 0.6 is 23.2 Å². The van der Waals surface area contributed by atoms with E-state index in [-0.39, 0.29) is 22.3 Å². The molecule has 0 saturated heterocycles. The zero-order valence-corrected chi connectivity index (χ0v) is 19.3. The first-order chi connectivity index (χ1) is 14.2. The molecule has 160 valence electrons. The minimum Gasteiger partial charge on any atom is -0.477 e. The van der Waals surface area contributed by atoms with Crippen LogP contribution in [0.5, 0.6) is 5.88 Å². The molecule has 0 N–H and O–H groups in total. The van der Waals surface area contributed by atoms with Crippen LogP contribution in [0.3, 0.4) is 0 Å². The molecule has 1 aliphatic rings. The summed E-state index contributed by atoms with van der Waals surface area (Å²) in [6, 6.07) is 3.55. The van der Waals surface area contributed by atoms with Crippen molar-refractivity contribution < 1.29 is 14.3 Å². The Hall–Kier alpha value is -2.11. The van der Waals surface area contributed by atoms with Gasteiger partial charge in [0.2, 0.25) is 5.88 Å². The number of ketones is 1. The Morgan fingerprint density at radius 2 is 2.00 bits per heavy atom. The maximum Gasteiger partial charge on any atom is 0.256 e. The molecule has 0 spiro atoms. The average molecular weight is 449 g/mol. The van der Waals surface area contributed by atoms with Crippen LogP contribution in [-0.2, 0) is 13.0 Å². The van der Waals surface area contributed by atoms with Gasteiger partial charge in [-0.3, -0.25) is 9.59 Å². The third kappa shape index (κ3) is 4.47. The number of benzene rings is 1. The molecule has 3 rings (SSSR count). The first kappa shape index (κ1) is 22.6. The van der Waals surface area contributed by atoms with Gasteiger partial charge in [-0.05, 0) is 56.9 Å². The molecular weight excluding hydrogens is 423 g/mol. The van der Waals surface area contributed by atoms with Crippen LogP contribution in [0, 0.1) is 13.8 Å². The van der Waals surface area contributed by atoms with Crippen molar-refractivity contribution in [1.82, 2.24) is 9.88 Å². The van der Waals surface area contributed by atoms with Gasteiger partial charge in [-0.1, -0.05) is 36.5 Å². The molecule has 5 nitrogen and oxygen atoms in total. The largest absolute Gasteiger partial charge is 0.477 e. The van der Waals surface area contributed by atoms with E-state index in [0.29, 0.717) is 48.1 Å². The number of hydrogen-bond acceptors (Lipinski definition) is 4. The summed E-state index contributed by atoms with van der Waals surface area (Å²) in [6.07, 6.45) is 2.54. The number of aryl methyl sites for hydroxylation is 2. The molecule has 1 amide bonds. The van der Waals surface area contributed by atoms with Gasteiger partial charge in [0.05, 0.1) is 23.7 Å². The van der Waals surface area contributed by atoms with E-state index in [4.69, 9.17) is 27.9 Å². The van der Waals surface area contributed by atoms with Crippen LogP contribution in [0.2, 0.25) is 10.0 Å². The van der Waals surface area contributed by atoms with E-state index in [1.165, 1.54) is 6.92 Å². The van der Waals surface area contributed by atoms with Gasteiger partial charge in [-0.25, -0.2) is 4.98 Å². The number of unbranched alkanes of at least 4 members (excludes halogenated alkanes) is 1. The number of rotatable bonds is 7. The van der Waals surface area contributed by atoms with Crippen molar-refractivity contribution in [2.75, 3.05) is 13.2 Å². The van der Waals surface area contributed by atoms with Crippen LogP contribution in [0.4, 0.5) is 0 Å². The van der Waals surface area contributed by atoms with Gasteiger partial charge in [0.15, 0.2) is 5.78 Å². The van der Waals surface area contributed by atoms with Gasteiger partial charge in [0.25, 0.3) is 5.91 Å². The smallest absolute Gasteiger partial charge is 0.256 e. The number of aromatic nitrogens is 1. The molecule has 0 aliphatic carbocycles. The molecule has 2 aromatic rings. The molecule has 0 bridgehead atoms. The lowest BCUT2D eigenvalue weighted by Crippen LogP contribution is -2.38. The third-order valence-electron chi connectivity index (χ3n) is 5.35. The quantitative estimate of drug-likeness (QED) is 0.409. The molecule has 30 heavy (non-hydrogen) atoms. The van der Waals surface area contributed by atoms with Crippen molar-refractivity contribution in [3.63, 3.8) is 0 Å². The number of amides is 1. The zero-order valence-electron chi connectivity index (χ0n) is 17.8. The SMILES string of the molecule is CCCCOc1nc(C)cc(C)c1CN1CCc2c(Cl)cc(C(C)=O)c(Cl)c2C1=O. The van der Waals surface area contributed by atoms with E-state index in [1.54, 1.807) is 11.0 Å². The first-order valence-corrected chi connectivity index (χ1v) is 10.9. The summed E-state index contributed by atoms with van der Waals surface area (Å²) in [7, 11) is 0. The standard InChI is InChI=1S/C23H26Cl2N2O3/c1-5-6-9-30-22-18(13(2)10-14(3)26-22)12-27-8-7-16-19(24)11-17(15(4)28)21(25)20(16)23(27)29/h10-11H,5-9,12H2,1-4H3. The van der Waals surface area contributed by atoms with Crippen LogP contribution in [-0.4, -0.2) is 34.7 Å². The van der Waals surface area contributed by atoms with Crippen LogP contribution < -0.4 is 4.74 Å². The summed E-state index contributed by atoms with van der Waals surface area (Å²) in [4.78, 5) is 31.5. The Kier molecular flexibility index (Phi) is 7.04. The van der Waals surface area contributed by atoms with Gasteiger partial charge in [0, 0.05) is 28.4 Å². The second kappa shape index (κ2) is 9.36. The Bertz CT molecular complexity index is 1000. The summed E-state index contributed by atoms with van der Waals surface area (Å²) >= 11 is 12.8. The van der Waals surface area contributed by atoms with Crippen molar-refractivity contribution in [2.24, 2.45) is 0 Å². The number of pyridine rings is 1. The summed E-state index contributed by atoms with van der Waals surface area (Å²) in [5, 5.41) is 0.583. The minimum absolute atomic E-state index is 0.176. The molecule has 0 atom stereocenters. The summed E-state index contributed by atoms with van der Waals surface area (Å²) in [6.45, 7) is 8.89. The monoisotopic (exact) mass is 448 g/mol. The highest BCUT2D eigenvalue weighted by molar-refractivity contribution is 6.39. The fourth-order valence-electron chi connectivity index (χ4n) is 3.69. The van der Waals surface area contributed by atoms with Crippen molar-refractivity contribution in [3.8, 4) is 5.88 Å². The fraction of sp³-hybridized carbons (Fsp3) is 0.435. The number of ether oxygens (including phenoxy) is 1. The average Bonchev–Trinajstić information content (AvgIpc) is 2.68. The van der Waals surface area contributed by atoms with E-state index < -0.39 is 0 Å². The first-order valence-electron chi connectivity index (χ1n) is 10.2. The number of fused-ring (bicyclic) bond motifs is 1. The highest BCUT2D eigenvalue weighted by Crippen LogP contribution is 2.36. The van der Waals surface area contributed by atoms with Gasteiger partial charge in [-0.15, -0.1) is 0 Å². The zero-order chi connectivity index (χ0) is 22.0.